The predicted octanol–water partition coefficient (Wildman–Crippen LogP) is 2.89. The fraction of sp³-hybridized carbons (Fsp3) is 0.500. The van der Waals surface area contributed by atoms with Crippen molar-refractivity contribution in [1.82, 2.24) is 0 Å². The van der Waals surface area contributed by atoms with Gasteiger partial charge in [-0.3, -0.25) is 9.59 Å². The number of ether oxygens (including phenoxy) is 2. The predicted molar refractivity (Wildman–Crippen MR) is 76.1 cm³/mol. The summed E-state index contributed by atoms with van der Waals surface area (Å²) < 4.78 is 22.8. The van der Waals surface area contributed by atoms with Gasteiger partial charge < -0.3 is 9.47 Å². The second-order valence-electron chi connectivity index (χ2n) is 4.90. The molecule has 4 nitrogen and oxygen atoms in total. The Morgan fingerprint density at radius 2 is 1.52 bits per heavy atom. The Hall–Kier alpha value is -1.91. The summed E-state index contributed by atoms with van der Waals surface area (Å²) >= 11 is 0. The zero-order chi connectivity index (χ0) is 15.9. The third kappa shape index (κ3) is 4.55. The molecule has 0 saturated heterocycles. The summed E-state index contributed by atoms with van der Waals surface area (Å²) in [6.07, 6.45) is 0.699. The van der Waals surface area contributed by atoms with E-state index < -0.39 is 17.4 Å². The van der Waals surface area contributed by atoms with Gasteiger partial charge in [-0.25, -0.2) is 4.39 Å². The number of esters is 2. The van der Waals surface area contributed by atoms with Crippen LogP contribution in [0.4, 0.5) is 4.39 Å². The van der Waals surface area contributed by atoms with Gasteiger partial charge in [0.1, 0.15) is 5.82 Å². The maximum Gasteiger partial charge on any atom is 0.323 e. The van der Waals surface area contributed by atoms with Crippen molar-refractivity contribution in [3.05, 3.63) is 35.6 Å². The number of rotatable bonds is 7. The molecule has 0 spiro atoms. The number of carbonyl (C=O) groups excluding carboxylic acids is 2. The Balaban J connectivity index is 2.84. The average molecular weight is 296 g/mol. The van der Waals surface area contributed by atoms with Gasteiger partial charge in [0, 0.05) is 0 Å². The lowest BCUT2D eigenvalue weighted by Gasteiger charge is -2.24. The SMILES string of the molecule is CCOC(=O)C(C)(CCc1ccc(F)cc1)C(=O)OCC. The van der Waals surface area contributed by atoms with Crippen LogP contribution in [0, 0.1) is 11.2 Å². The van der Waals surface area contributed by atoms with Crippen LogP contribution in [-0.4, -0.2) is 25.2 Å². The molecule has 0 heterocycles. The number of hydrogen-bond acceptors (Lipinski definition) is 4. The number of benzene rings is 1. The van der Waals surface area contributed by atoms with E-state index in [0.717, 1.165) is 5.56 Å². The molecule has 116 valence electrons. The zero-order valence-corrected chi connectivity index (χ0v) is 12.6. The molecule has 0 amide bonds. The van der Waals surface area contributed by atoms with Gasteiger partial charge in [0.05, 0.1) is 13.2 Å². The van der Waals surface area contributed by atoms with Crippen molar-refractivity contribution in [3.8, 4) is 0 Å². The summed E-state index contributed by atoms with van der Waals surface area (Å²) in [5.74, 6) is -1.51. The molecule has 1 rings (SSSR count). The van der Waals surface area contributed by atoms with Crippen molar-refractivity contribution in [1.29, 1.82) is 0 Å². The fourth-order valence-corrected chi connectivity index (χ4v) is 1.91. The smallest absolute Gasteiger partial charge is 0.323 e. The lowest BCUT2D eigenvalue weighted by Crippen LogP contribution is -2.40. The van der Waals surface area contributed by atoms with Crippen LogP contribution in [0.2, 0.25) is 0 Å². The van der Waals surface area contributed by atoms with Gasteiger partial charge in [-0.2, -0.15) is 0 Å². The van der Waals surface area contributed by atoms with Crippen LogP contribution >= 0.6 is 0 Å². The van der Waals surface area contributed by atoms with E-state index in [1.807, 2.05) is 0 Å². The summed E-state index contributed by atoms with van der Waals surface area (Å²) in [6, 6.07) is 5.96. The van der Waals surface area contributed by atoms with E-state index in [1.54, 1.807) is 26.0 Å². The Morgan fingerprint density at radius 1 is 1.05 bits per heavy atom. The van der Waals surface area contributed by atoms with Crippen LogP contribution in [0.25, 0.3) is 0 Å². The molecule has 1 aromatic rings. The highest BCUT2D eigenvalue weighted by Gasteiger charge is 2.43. The first-order chi connectivity index (χ1) is 9.93. The Labute approximate surface area is 124 Å². The third-order valence-corrected chi connectivity index (χ3v) is 3.28. The fourth-order valence-electron chi connectivity index (χ4n) is 1.91. The van der Waals surface area contributed by atoms with Crippen molar-refractivity contribution >= 4 is 11.9 Å². The third-order valence-electron chi connectivity index (χ3n) is 3.28. The molecule has 0 radical (unpaired) electrons. The molecule has 0 aliphatic heterocycles. The molecular weight excluding hydrogens is 275 g/mol. The van der Waals surface area contributed by atoms with Gasteiger partial charge in [0.2, 0.25) is 0 Å². The minimum absolute atomic E-state index is 0.199. The largest absolute Gasteiger partial charge is 0.465 e. The molecule has 0 aliphatic rings. The summed E-state index contributed by atoms with van der Waals surface area (Å²) in [6.45, 7) is 5.29. The molecule has 0 fully saturated rings. The van der Waals surface area contributed by atoms with Gasteiger partial charge in [-0.15, -0.1) is 0 Å². The number of hydrogen-bond donors (Lipinski definition) is 0. The van der Waals surface area contributed by atoms with Gasteiger partial charge in [-0.05, 0) is 51.3 Å². The van der Waals surface area contributed by atoms with Crippen LogP contribution in [0.15, 0.2) is 24.3 Å². The summed E-state index contributed by atoms with van der Waals surface area (Å²) in [7, 11) is 0. The van der Waals surface area contributed by atoms with Gasteiger partial charge in [0.15, 0.2) is 5.41 Å². The van der Waals surface area contributed by atoms with Crippen molar-refractivity contribution in [3.63, 3.8) is 0 Å². The van der Waals surface area contributed by atoms with Crippen LogP contribution in [0.1, 0.15) is 32.8 Å². The van der Waals surface area contributed by atoms with E-state index in [4.69, 9.17) is 9.47 Å². The summed E-state index contributed by atoms with van der Waals surface area (Å²) in [5.41, 5.74) is -0.503. The van der Waals surface area contributed by atoms with Crippen LogP contribution in [0.3, 0.4) is 0 Å². The Bertz CT molecular complexity index is 464. The molecule has 0 unspecified atom stereocenters. The normalized spacial score (nSPS) is 11.0. The van der Waals surface area contributed by atoms with Crippen molar-refractivity contribution in [2.24, 2.45) is 5.41 Å². The quantitative estimate of drug-likeness (QED) is 0.573. The topological polar surface area (TPSA) is 52.6 Å². The van der Waals surface area contributed by atoms with Gasteiger partial charge in [0.25, 0.3) is 0 Å². The number of halogens is 1. The van der Waals surface area contributed by atoms with Crippen molar-refractivity contribution in [2.45, 2.75) is 33.6 Å². The van der Waals surface area contributed by atoms with E-state index in [9.17, 15) is 14.0 Å². The molecule has 21 heavy (non-hydrogen) atoms. The number of carbonyl (C=O) groups is 2. The maximum absolute atomic E-state index is 12.9. The van der Waals surface area contributed by atoms with Crippen molar-refractivity contribution in [2.75, 3.05) is 13.2 Å². The molecule has 0 saturated carbocycles. The van der Waals surface area contributed by atoms with E-state index in [2.05, 4.69) is 0 Å². The standard InChI is InChI=1S/C16H21FO4/c1-4-20-14(18)16(3,15(19)21-5-2)11-10-12-6-8-13(17)9-7-12/h6-9H,4-5,10-11H2,1-3H3. The lowest BCUT2D eigenvalue weighted by atomic mass is 9.84. The molecular formula is C16H21FO4. The molecule has 0 bridgehead atoms. The second-order valence-corrected chi connectivity index (χ2v) is 4.90. The lowest BCUT2D eigenvalue weighted by molar-refractivity contribution is -0.171. The molecule has 0 N–H and O–H groups in total. The monoisotopic (exact) mass is 296 g/mol. The average Bonchev–Trinajstić information content (AvgIpc) is 2.46. The second kappa shape index (κ2) is 7.76. The maximum atomic E-state index is 12.9. The highest BCUT2D eigenvalue weighted by molar-refractivity contribution is 5.99. The Morgan fingerprint density at radius 3 is 1.95 bits per heavy atom. The molecule has 0 aromatic heterocycles. The summed E-state index contributed by atoms with van der Waals surface area (Å²) in [4.78, 5) is 24.1. The molecule has 0 aliphatic carbocycles. The molecule has 1 aromatic carbocycles. The van der Waals surface area contributed by atoms with E-state index in [0.29, 0.717) is 6.42 Å². The Kier molecular flexibility index (Phi) is 6.34. The first kappa shape index (κ1) is 17.1. The molecule has 0 atom stereocenters. The number of aryl methyl sites for hydroxylation is 1. The van der Waals surface area contributed by atoms with E-state index in [-0.39, 0.29) is 25.5 Å². The van der Waals surface area contributed by atoms with E-state index >= 15 is 0 Å². The van der Waals surface area contributed by atoms with Gasteiger partial charge >= 0.3 is 11.9 Å². The highest BCUT2D eigenvalue weighted by atomic mass is 19.1. The first-order valence-corrected chi connectivity index (χ1v) is 7.03. The van der Waals surface area contributed by atoms with E-state index in [1.165, 1.54) is 19.1 Å². The minimum atomic E-state index is -1.35. The minimum Gasteiger partial charge on any atom is -0.465 e. The zero-order valence-electron chi connectivity index (χ0n) is 12.6. The highest BCUT2D eigenvalue weighted by Crippen LogP contribution is 2.27. The first-order valence-electron chi connectivity index (χ1n) is 7.03. The van der Waals surface area contributed by atoms with Gasteiger partial charge in [-0.1, -0.05) is 12.1 Å². The van der Waals surface area contributed by atoms with Crippen LogP contribution in [-0.2, 0) is 25.5 Å². The van der Waals surface area contributed by atoms with Crippen LogP contribution < -0.4 is 0 Å². The van der Waals surface area contributed by atoms with Crippen LogP contribution in [0.5, 0.6) is 0 Å². The summed E-state index contributed by atoms with van der Waals surface area (Å²) in [5, 5.41) is 0. The molecule has 5 heteroatoms. The van der Waals surface area contributed by atoms with Crippen molar-refractivity contribution < 1.29 is 23.5 Å².